The molecule has 1 aromatic rings. The summed E-state index contributed by atoms with van der Waals surface area (Å²) in [6.07, 6.45) is 1.24. The molecular formula is C19H28N4O2S. The second-order valence-corrected chi connectivity index (χ2v) is 7.14. The summed E-state index contributed by atoms with van der Waals surface area (Å²) < 4.78 is 0. The van der Waals surface area contributed by atoms with Crippen LogP contribution in [0.1, 0.15) is 33.6 Å². The maximum absolute atomic E-state index is 12.1. The number of nitrogens with one attached hydrogen (secondary N) is 2. The molecule has 142 valence electrons. The number of benzene rings is 1. The standard InChI is InChI=1S/C19H28N4O2S/c1-4-7-17(24)21-19(26)20-15-8-5-6-9-16(15)22-10-12-23(13-11-22)18(25)14(2)3/h5-6,8-9,14H,4,7,10-13H2,1-3H3,(H2,20,21,24,26). The number of amides is 2. The minimum atomic E-state index is -0.0803. The number of hydrogen-bond donors (Lipinski definition) is 2. The Labute approximate surface area is 160 Å². The van der Waals surface area contributed by atoms with Crippen LogP contribution in [0.3, 0.4) is 0 Å². The van der Waals surface area contributed by atoms with E-state index in [9.17, 15) is 9.59 Å². The van der Waals surface area contributed by atoms with E-state index in [0.29, 0.717) is 24.6 Å². The van der Waals surface area contributed by atoms with Crippen LogP contribution in [-0.2, 0) is 9.59 Å². The largest absolute Gasteiger partial charge is 0.366 e. The van der Waals surface area contributed by atoms with Crippen molar-refractivity contribution in [2.75, 3.05) is 36.4 Å². The molecule has 2 N–H and O–H groups in total. The first-order valence-corrected chi connectivity index (χ1v) is 9.56. The maximum atomic E-state index is 12.1. The summed E-state index contributed by atoms with van der Waals surface area (Å²) in [5.41, 5.74) is 1.88. The van der Waals surface area contributed by atoms with Gasteiger partial charge in [0.25, 0.3) is 0 Å². The first-order valence-electron chi connectivity index (χ1n) is 9.16. The first kappa shape index (κ1) is 20.2. The molecule has 0 aliphatic carbocycles. The Morgan fingerprint density at radius 3 is 2.42 bits per heavy atom. The molecule has 0 unspecified atom stereocenters. The molecule has 6 nitrogen and oxygen atoms in total. The van der Waals surface area contributed by atoms with Gasteiger partial charge in [-0.05, 0) is 30.8 Å². The second-order valence-electron chi connectivity index (χ2n) is 6.74. The van der Waals surface area contributed by atoms with Crippen LogP contribution >= 0.6 is 12.2 Å². The average Bonchev–Trinajstić information content (AvgIpc) is 2.61. The molecular weight excluding hydrogens is 348 g/mol. The second kappa shape index (κ2) is 9.52. The number of nitrogens with zero attached hydrogens (tertiary/aromatic N) is 2. The number of carbonyl (C=O) groups excluding carboxylic acids is 2. The molecule has 0 saturated carbocycles. The third-order valence-corrected chi connectivity index (χ3v) is 4.51. The maximum Gasteiger partial charge on any atom is 0.226 e. The predicted octanol–water partition coefficient (Wildman–Crippen LogP) is 2.60. The zero-order chi connectivity index (χ0) is 19.1. The van der Waals surface area contributed by atoms with E-state index in [-0.39, 0.29) is 17.7 Å². The van der Waals surface area contributed by atoms with Crippen molar-refractivity contribution >= 4 is 40.5 Å². The molecule has 1 fully saturated rings. The quantitative estimate of drug-likeness (QED) is 0.774. The van der Waals surface area contributed by atoms with Crippen molar-refractivity contribution in [2.24, 2.45) is 5.92 Å². The highest BCUT2D eigenvalue weighted by atomic mass is 32.1. The summed E-state index contributed by atoms with van der Waals surface area (Å²) in [5, 5.41) is 6.14. The van der Waals surface area contributed by atoms with E-state index >= 15 is 0 Å². The fourth-order valence-corrected chi connectivity index (χ4v) is 3.18. The Balaban J connectivity index is 2.00. The first-order chi connectivity index (χ1) is 12.4. The zero-order valence-corrected chi connectivity index (χ0v) is 16.6. The summed E-state index contributed by atoms with van der Waals surface area (Å²) in [7, 11) is 0. The molecule has 7 heteroatoms. The lowest BCUT2D eigenvalue weighted by molar-refractivity contribution is -0.134. The highest BCUT2D eigenvalue weighted by Gasteiger charge is 2.24. The number of carbonyl (C=O) groups is 2. The molecule has 0 bridgehead atoms. The fraction of sp³-hybridized carbons (Fsp3) is 0.526. The van der Waals surface area contributed by atoms with Crippen LogP contribution in [-0.4, -0.2) is 48.0 Å². The Morgan fingerprint density at radius 2 is 1.81 bits per heavy atom. The van der Waals surface area contributed by atoms with Gasteiger partial charge in [-0.15, -0.1) is 0 Å². The fourth-order valence-electron chi connectivity index (χ4n) is 2.96. The van der Waals surface area contributed by atoms with Crippen molar-refractivity contribution < 1.29 is 9.59 Å². The Morgan fingerprint density at radius 1 is 1.15 bits per heavy atom. The molecule has 0 radical (unpaired) electrons. The van der Waals surface area contributed by atoms with Crippen molar-refractivity contribution in [2.45, 2.75) is 33.6 Å². The monoisotopic (exact) mass is 376 g/mol. The van der Waals surface area contributed by atoms with Crippen LogP contribution < -0.4 is 15.5 Å². The molecule has 2 amide bonds. The van der Waals surface area contributed by atoms with Crippen molar-refractivity contribution in [3.8, 4) is 0 Å². The zero-order valence-electron chi connectivity index (χ0n) is 15.7. The van der Waals surface area contributed by atoms with Crippen LogP contribution in [0.15, 0.2) is 24.3 Å². The lowest BCUT2D eigenvalue weighted by Gasteiger charge is -2.37. The van der Waals surface area contributed by atoms with Crippen molar-refractivity contribution in [3.63, 3.8) is 0 Å². The summed E-state index contributed by atoms with van der Waals surface area (Å²) in [6, 6.07) is 7.88. The van der Waals surface area contributed by atoms with Gasteiger partial charge in [0.15, 0.2) is 5.11 Å². The predicted molar refractivity (Wildman–Crippen MR) is 109 cm³/mol. The Kier molecular flexibility index (Phi) is 7.38. The van der Waals surface area contributed by atoms with Crippen LogP contribution in [0, 0.1) is 5.92 Å². The van der Waals surface area contributed by atoms with Crippen molar-refractivity contribution in [1.82, 2.24) is 10.2 Å². The van der Waals surface area contributed by atoms with Crippen molar-refractivity contribution in [3.05, 3.63) is 24.3 Å². The molecule has 1 aliphatic heterocycles. The van der Waals surface area contributed by atoms with E-state index in [4.69, 9.17) is 12.2 Å². The molecule has 1 heterocycles. The van der Waals surface area contributed by atoms with E-state index in [1.54, 1.807) is 0 Å². The van der Waals surface area contributed by atoms with Gasteiger partial charge in [-0.25, -0.2) is 0 Å². The normalized spacial score (nSPS) is 14.3. The van der Waals surface area contributed by atoms with Gasteiger partial charge in [-0.1, -0.05) is 32.9 Å². The number of anilines is 2. The third kappa shape index (κ3) is 5.42. The van der Waals surface area contributed by atoms with Gasteiger partial charge in [0, 0.05) is 38.5 Å². The van der Waals surface area contributed by atoms with E-state index in [1.807, 2.05) is 49.9 Å². The van der Waals surface area contributed by atoms with Gasteiger partial charge in [-0.2, -0.15) is 0 Å². The minimum absolute atomic E-state index is 0.0274. The highest BCUT2D eigenvalue weighted by molar-refractivity contribution is 7.80. The van der Waals surface area contributed by atoms with Gasteiger partial charge < -0.3 is 20.4 Å². The lowest BCUT2D eigenvalue weighted by Crippen LogP contribution is -2.50. The summed E-state index contributed by atoms with van der Waals surface area (Å²) >= 11 is 5.25. The van der Waals surface area contributed by atoms with Gasteiger partial charge in [0.05, 0.1) is 11.4 Å². The van der Waals surface area contributed by atoms with Gasteiger partial charge in [0.2, 0.25) is 11.8 Å². The number of thiocarbonyl (C=S) groups is 1. The number of rotatable bonds is 5. The molecule has 1 aliphatic rings. The molecule has 26 heavy (non-hydrogen) atoms. The average molecular weight is 377 g/mol. The van der Waals surface area contributed by atoms with Gasteiger partial charge in [-0.3, -0.25) is 9.59 Å². The van der Waals surface area contributed by atoms with Gasteiger partial charge in [0.1, 0.15) is 0 Å². The van der Waals surface area contributed by atoms with Crippen molar-refractivity contribution in [1.29, 1.82) is 0 Å². The lowest BCUT2D eigenvalue weighted by atomic mass is 10.1. The highest BCUT2D eigenvalue weighted by Crippen LogP contribution is 2.26. The summed E-state index contributed by atoms with van der Waals surface area (Å²) in [5.74, 6) is 0.152. The molecule has 1 aromatic carbocycles. The molecule has 2 rings (SSSR count). The Hall–Kier alpha value is -2.15. The number of piperazine rings is 1. The van der Waals surface area contributed by atoms with Crippen LogP contribution in [0.5, 0.6) is 0 Å². The molecule has 0 atom stereocenters. The smallest absolute Gasteiger partial charge is 0.226 e. The molecule has 1 saturated heterocycles. The van der Waals surface area contributed by atoms with E-state index in [0.717, 1.165) is 30.9 Å². The van der Waals surface area contributed by atoms with Crippen LogP contribution in [0.4, 0.5) is 11.4 Å². The summed E-state index contributed by atoms with van der Waals surface area (Å²) in [4.78, 5) is 28.0. The van der Waals surface area contributed by atoms with Gasteiger partial charge >= 0.3 is 0 Å². The third-order valence-electron chi connectivity index (χ3n) is 4.31. The Bertz CT molecular complexity index is 655. The van der Waals surface area contributed by atoms with E-state index in [2.05, 4.69) is 15.5 Å². The topological polar surface area (TPSA) is 64.7 Å². The summed E-state index contributed by atoms with van der Waals surface area (Å²) in [6.45, 7) is 8.78. The minimum Gasteiger partial charge on any atom is -0.366 e. The number of hydrogen-bond acceptors (Lipinski definition) is 4. The molecule has 0 aromatic heterocycles. The molecule has 0 spiro atoms. The van der Waals surface area contributed by atoms with Crippen LogP contribution in [0.25, 0.3) is 0 Å². The SMILES string of the molecule is CCCC(=O)NC(=S)Nc1ccccc1N1CCN(C(=O)C(C)C)CC1. The van der Waals surface area contributed by atoms with E-state index < -0.39 is 0 Å². The number of para-hydroxylation sites is 2. The van der Waals surface area contributed by atoms with Crippen LogP contribution in [0.2, 0.25) is 0 Å². The van der Waals surface area contributed by atoms with E-state index in [1.165, 1.54) is 0 Å².